The maximum Gasteiger partial charge on any atom is 0.149 e. The molecule has 0 aliphatic carbocycles. The third kappa shape index (κ3) is 28.1. The maximum absolute atomic E-state index is 2.23. The number of hydrogen-bond acceptors (Lipinski definition) is 0. The molecular weight excluding hydrogens is 66.9 g/mol. The zero-order chi connectivity index (χ0) is 3.58. The molecule has 26 valence electrons. The Balaban J connectivity index is 2.32. The van der Waals surface area contributed by atoms with E-state index in [2.05, 4.69) is 19.6 Å². The van der Waals surface area contributed by atoms with Gasteiger partial charge in [0.15, 0.2) is 0 Å². The van der Waals surface area contributed by atoms with Crippen molar-refractivity contribution in [2.45, 2.75) is 0 Å². The highest BCUT2D eigenvalue weighted by molar-refractivity contribution is 8.34. The van der Waals surface area contributed by atoms with Crippen molar-refractivity contribution in [1.29, 1.82) is 0 Å². The fourth-order valence-corrected chi connectivity index (χ4v) is 0. The second-order valence-corrected chi connectivity index (χ2v) is 4.02. The highest BCUT2D eigenvalue weighted by atomic mass is 32.2. The van der Waals surface area contributed by atoms with E-state index in [9.17, 15) is 0 Å². The van der Waals surface area contributed by atoms with Gasteiger partial charge in [0.25, 0.3) is 0 Å². The van der Waals surface area contributed by atoms with Gasteiger partial charge >= 0.3 is 0 Å². The molecule has 2 heteroatoms. The van der Waals surface area contributed by atoms with Crippen LogP contribution in [0.3, 0.4) is 0 Å². The van der Waals surface area contributed by atoms with Crippen molar-refractivity contribution in [3.63, 3.8) is 0 Å². The summed E-state index contributed by atoms with van der Waals surface area (Å²) in [5.41, 5.74) is 0. The predicted molar refractivity (Wildman–Crippen MR) is 29.4 cm³/mol. The summed E-state index contributed by atoms with van der Waals surface area (Å²) in [6, 6.07) is 0. The largest absolute Gasteiger partial charge is 0.295 e. The predicted octanol–water partition coefficient (Wildman–Crippen LogP) is -0.205. The second-order valence-electron chi connectivity index (χ2n) is 1.34. The molecule has 4 heavy (non-hydrogen) atoms. The van der Waals surface area contributed by atoms with Crippen LogP contribution in [0.25, 0.3) is 0 Å². The highest BCUT2D eigenvalue weighted by Gasteiger charge is 1.61. The Labute approximate surface area is 31.2 Å². The lowest BCUT2D eigenvalue weighted by Crippen LogP contribution is -1.60. The zero-order valence-electron chi connectivity index (χ0n) is 3.45. The van der Waals surface area contributed by atoms with E-state index in [1.807, 2.05) is 0 Å². The first-order valence-corrected chi connectivity index (χ1v) is 4.02. The summed E-state index contributed by atoms with van der Waals surface area (Å²) in [7, 11) is 2.61. The monoisotopic (exact) mass is 76.1 g/mol. The van der Waals surface area contributed by atoms with E-state index < -0.39 is 0 Å². The Morgan fingerprint density at radius 2 is 1.50 bits per heavy atom. The van der Waals surface area contributed by atoms with Gasteiger partial charge < -0.3 is 0 Å². The van der Waals surface area contributed by atoms with Crippen LogP contribution in [0.4, 0.5) is 0 Å². The molecule has 0 nitrogen and oxygen atoms in total. The summed E-state index contributed by atoms with van der Waals surface area (Å²) in [6.45, 7) is 0. The van der Waals surface area contributed by atoms with Gasteiger partial charge in [0.2, 0.25) is 0 Å². The third-order valence-electron chi connectivity index (χ3n) is 0. The van der Waals surface area contributed by atoms with Crippen LogP contribution in [0.1, 0.15) is 0 Å². The third-order valence-corrected chi connectivity index (χ3v) is 0. The molecule has 0 saturated carbocycles. The van der Waals surface area contributed by atoms with Gasteiger partial charge in [-0.3, -0.25) is 10.7 Å². The number of rotatable bonds is 0. The Kier molecular flexibility index (Phi) is 1.88. The van der Waals surface area contributed by atoms with Crippen LogP contribution < -0.4 is 0 Å². The lowest BCUT2D eigenvalue weighted by Gasteiger charge is -1.88. The molecule has 0 N–H and O–H groups in total. The van der Waals surface area contributed by atoms with E-state index in [1.165, 1.54) is 0 Å². The molecule has 0 fully saturated rings. The average Bonchev–Trinajstić information content (AvgIpc) is 0.811. The summed E-state index contributed by atoms with van der Waals surface area (Å²) < 4.78 is 0. The van der Waals surface area contributed by atoms with Gasteiger partial charge in [0, 0.05) is 0 Å². The van der Waals surface area contributed by atoms with Crippen LogP contribution in [0.2, 0.25) is 0 Å². The summed E-state index contributed by atoms with van der Waals surface area (Å²) in [4.78, 5) is 0. The molecule has 0 unspecified atom stereocenters. The molecule has 0 atom stereocenters. The molecule has 0 rings (SSSR count). The van der Waals surface area contributed by atoms with Gasteiger partial charge in [-0.05, 0) is 12.5 Å². The van der Waals surface area contributed by atoms with Crippen LogP contribution in [0.15, 0.2) is 0 Å². The first kappa shape index (κ1) is 4.41. The van der Waals surface area contributed by atoms with Gasteiger partial charge in [0.1, 0.15) is 7.12 Å². The normalized spacial score (nSPS) is 11.0. The van der Waals surface area contributed by atoms with Crippen molar-refractivity contribution in [3.05, 3.63) is 0 Å². The Bertz CT molecular complexity index is 10.8. The molecule has 0 saturated heterocycles. The molecule has 0 aliphatic heterocycles. The molecule has 0 aromatic rings. The standard InChI is InChI=1S/C2H9BS/c1-4(2)3/h4H,3H2,1-2H3. The molecule has 0 aromatic carbocycles. The van der Waals surface area contributed by atoms with Crippen LogP contribution in [0, 0.1) is 0 Å². The quantitative estimate of drug-likeness (QED) is 0.299. The zero-order valence-corrected chi connectivity index (χ0v) is 4.34. The summed E-state index contributed by atoms with van der Waals surface area (Å²) in [5, 5.41) is 0. The minimum Gasteiger partial charge on any atom is -0.295 e. The topological polar surface area (TPSA) is 0 Å². The van der Waals surface area contributed by atoms with Crippen molar-refractivity contribution < 1.29 is 0 Å². The molecule has 0 bridgehead atoms. The van der Waals surface area contributed by atoms with Crippen molar-refractivity contribution in [1.82, 2.24) is 0 Å². The fourth-order valence-electron chi connectivity index (χ4n) is 0. The molecule has 0 spiro atoms. The molecule has 0 aromatic heterocycles. The van der Waals surface area contributed by atoms with E-state index in [0.29, 0.717) is 10.7 Å². The molecular formula is C2H9BS. The van der Waals surface area contributed by atoms with Crippen LogP contribution in [-0.2, 0) is 0 Å². The van der Waals surface area contributed by atoms with Gasteiger partial charge in [-0.25, -0.2) is 0 Å². The van der Waals surface area contributed by atoms with Crippen LogP contribution >= 0.6 is 10.7 Å². The van der Waals surface area contributed by atoms with Crippen LogP contribution in [0.5, 0.6) is 0 Å². The Morgan fingerprint density at radius 1 is 1.50 bits per heavy atom. The number of thiol groups is 1. The van der Waals surface area contributed by atoms with Crippen molar-refractivity contribution in [2.24, 2.45) is 0 Å². The highest BCUT2D eigenvalue weighted by Crippen LogP contribution is 1.99. The first-order chi connectivity index (χ1) is 1.73. The van der Waals surface area contributed by atoms with Crippen molar-refractivity contribution >= 4 is 17.9 Å². The summed E-state index contributed by atoms with van der Waals surface area (Å²) in [6.07, 6.45) is 4.46. The van der Waals surface area contributed by atoms with Crippen LogP contribution in [-0.4, -0.2) is 19.6 Å². The first-order valence-electron chi connectivity index (χ1n) is 1.34. The van der Waals surface area contributed by atoms with Crippen molar-refractivity contribution in [2.75, 3.05) is 12.5 Å². The van der Waals surface area contributed by atoms with Crippen molar-refractivity contribution in [3.8, 4) is 0 Å². The number of hydrogen-bond donors (Lipinski definition) is 1. The van der Waals surface area contributed by atoms with E-state index >= 15 is 0 Å². The van der Waals surface area contributed by atoms with Gasteiger partial charge in [-0.2, -0.15) is 0 Å². The average molecular weight is 76.0 g/mol. The SMILES string of the molecule is B[SH](C)C. The summed E-state index contributed by atoms with van der Waals surface area (Å²) in [5.74, 6) is 0. The Morgan fingerprint density at radius 3 is 1.50 bits per heavy atom. The lowest BCUT2D eigenvalue weighted by molar-refractivity contribution is 2.35. The smallest absolute Gasteiger partial charge is 0.149 e. The second kappa shape index (κ2) is 1.71. The Hall–Kier alpha value is 0.415. The minimum absolute atomic E-state index is 0.380. The van der Waals surface area contributed by atoms with Gasteiger partial charge in [-0.1, -0.05) is 0 Å². The van der Waals surface area contributed by atoms with Gasteiger partial charge in [0.05, 0.1) is 0 Å². The molecule has 0 amide bonds. The molecule has 0 heterocycles. The van der Waals surface area contributed by atoms with E-state index in [0.717, 1.165) is 0 Å². The minimum atomic E-state index is 0.380. The van der Waals surface area contributed by atoms with Gasteiger partial charge in [-0.15, -0.1) is 0 Å². The molecule has 0 radical (unpaired) electrons. The lowest BCUT2D eigenvalue weighted by atomic mass is 10.8. The summed E-state index contributed by atoms with van der Waals surface area (Å²) >= 11 is 0. The van der Waals surface area contributed by atoms with E-state index in [1.54, 1.807) is 0 Å². The van der Waals surface area contributed by atoms with E-state index in [-0.39, 0.29) is 0 Å². The fraction of sp³-hybridized carbons (Fsp3) is 1.00. The molecule has 0 aliphatic rings. The maximum atomic E-state index is 2.23. The van der Waals surface area contributed by atoms with E-state index in [4.69, 9.17) is 0 Å².